The van der Waals surface area contributed by atoms with Crippen molar-refractivity contribution in [3.8, 4) is 28.4 Å². The largest absolute Gasteiger partial charge is 0.479 e. The third kappa shape index (κ3) is 6.26. The Labute approximate surface area is 259 Å². The van der Waals surface area contributed by atoms with Gasteiger partial charge in [-0.15, -0.1) is 0 Å². The molecule has 5 heterocycles. The number of fused-ring (bicyclic) bond motifs is 1. The second kappa shape index (κ2) is 12.7. The number of aromatic nitrogens is 4. The number of morpholine rings is 1. The van der Waals surface area contributed by atoms with Gasteiger partial charge in [0.05, 0.1) is 53.5 Å². The van der Waals surface area contributed by atoms with Crippen LogP contribution in [0.15, 0.2) is 61.1 Å². The van der Waals surface area contributed by atoms with Crippen molar-refractivity contribution in [3.05, 3.63) is 84.1 Å². The number of nitrogens with zero attached hydrogens (tertiary/aromatic N) is 5. The van der Waals surface area contributed by atoms with Gasteiger partial charge in [-0.2, -0.15) is 0 Å². The minimum Gasteiger partial charge on any atom is -0.479 e. The van der Waals surface area contributed by atoms with Crippen molar-refractivity contribution < 1.29 is 22.6 Å². The van der Waals surface area contributed by atoms with E-state index in [1.165, 1.54) is 25.4 Å². The van der Waals surface area contributed by atoms with E-state index in [0.29, 0.717) is 70.9 Å². The van der Waals surface area contributed by atoms with Gasteiger partial charge in [-0.3, -0.25) is 4.98 Å². The van der Waals surface area contributed by atoms with Gasteiger partial charge in [-0.25, -0.2) is 28.1 Å². The standard InChI is InChI=1S/C34H33F3N6O2/c1-19(2)11-23-18-43(9-10-45-23)30-15-28(24(17-39-30)21-12-26(37)34(44-4)40-16-21)41-33-20(3)32(27-7-5-6-8-38-27)42-29-14-22(35)13-25(36)31(29)33/h5-8,12-17,19,23H,9-11,18H2,1-4H3,(H,39,41,42). The molecule has 1 aliphatic heterocycles. The van der Waals surface area contributed by atoms with Gasteiger partial charge in [0, 0.05) is 66.6 Å². The molecule has 0 spiro atoms. The first-order chi connectivity index (χ1) is 21.7. The molecule has 6 rings (SSSR count). The molecule has 1 saturated heterocycles. The van der Waals surface area contributed by atoms with Crippen LogP contribution in [-0.2, 0) is 4.74 Å². The second-order valence-corrected chi connectivity index (χ2v) is 11.5. The molecule has 45 heavy (non-hydrogen) atoms. The highest BCUT2D eigenvalue weighted by Gasteiger charge is 2.25. The number of methoxy groups -OCH3 is 1. The van der Waals surface area contributed by atoms with Gasteiger partial charge in [0.25, 0.3) is 0 Å². The van der Waals surface area contributed by atoms with Crippen molar-refractivity contribution in [2.75, 3.05) is 37.0 Å². The maximum Gasteiger partial charge on any atom is 0.250 e. The average molecular weight is 615 g/mol. The molecule has 4 aromatic heterocycles. The van der Waals surface area contributed by atoms with Crippen LogP contribution in [-0.4, -0.2) is 52.8 Å². The van der Waals surface area contributed by atoms with Gasteiger partial charge in [-0.05, 0) is 37.5 Å². The molecule has 5 aromatic rings. The van der Waals surface area contributed by atoms with E-state index >= 15 is 4.39 Å². The molecule has 0 radical (unpaired) electrons. The molecular formula is C34H33F3N6O2. The number of rotatable bonds is 8. The molecule has 1 aromatic carbocycles. The number of ether oxygens (including phenoxy) is 2. The van der Waals surface area contributed by atoms with Crippen LogP contribution >= 0.6 is 0 Å². The Bertz CT molecular complexity index is 1850. The number of benzene rings is 1. The fourth-order valence-corrected chi connectivity index (χ4v) is 5.72. The Morgan fingerprint density at radius 1 is 1.04 bits per heavy atom. The van der Waals surface area contributed by atoms with Crippen LogP contribution in [0, 0.1) is 30.3 Å². The minimum atomic E-state index is -0.770. The summed E-state index contributed by atoms with van der Waals surface area (Å²) in [6.07, 6.45) is 5.72. The van der Waals surface area contributed by atoms with Crippen LogP contribution in [0.1, 0.15) is 25.8 Å². The first-order valence-electron chi connectivity index (χ1n) is 14.8. The summed E-state index contributed by atoms with van der Waals surface area (Å²) in [7, 11) is 1.34. The van der Waals surface area contributed by atoms with E-state index in [-0.39, 0.29) is 22.9 Å². The van der Waals surface area contributed by atoms with Crippen LogP contribution < -0.4 is 15.0 Å². The summed E-state index contributed by atoms with van der Waals surface area (Å²) in [4.78, 5) is 20.1. The van der Waals surface area contributed by atoms with Crippen LogP contribution in [0.25, 0.3) is 33.4 Å². The van der Waals surface area contributed by atoms with Crippen molar-refractivity contribution in [2.24, 2.45) is 5.92 Å². The average Bonchev–Trinajstić information content (AvgIpc) is 3.02. The Hall–Kier alpha value is -4.77. The van der Waals surface area contributed by atoms with Crippen molar-refractivity contribution in [2.45, 2.75) is 33.3 Å². The summed E-state index contributed by atoms with van der Waals surface area (Å²) in [6, 6.07) is 10.6. The van der Waals surface area contributed by atoms with Crippen LogP contribution in [0.4, 0.5) is 30.4 Å². The van der Waals surface area contributed by atoms with E-state index in [1.54, 1.807) is 31.5 Å². The van der Waals surface area contributed by atoms with Gasteiger partial charge in [0.1, 0.15) is 17.5 Å². The fraction of sp³-hybridized carbons (Fsp3) is 0.294. The molecule has 8 nitrogen and oxygen atoms in total. The zero-order valence-corrected chi connectivity index (χ0v) is 25.4. The highest BCUT2D eigenvalue weighted by molar-refractivity contribution is 5.99. The lowest BCUT2D eigenvalue weighted by Crippen LogP contribution is -2.43. The first kappa shape index (κ1) is 30.3. The summed E-state index contributed by atoms with van der Waals surface area (Å²) in [6.45, 7) is 7.95. The zero-order chi connectivity index (χ0) is 31.7. The van der Waals surface area contributed by atoms with Crippen molar-refractivity contribution >= 4 is 28.1 Å². The number of hydrogen-bond donors (Lipinski definition) is 1. The quantitative estimate of drug-likeness (QED) is 0.193. The SMILES string of the molecule is COc1ncc(-c2cnc(N3CCOC(CC(C)C)C3)cc2Nc2c(C)c(-c3ccccn3)nc3cc(F)cc(F)c23)cc1F. The molecule has 11 heteroatoms. The van der Waals surface area contributed by atoms with E-state index in [2.05, 4.69) is 39.0 Å². The molecule has 232 valence electrons. The molecule has 1 aliphatic rings. The highest BCUT2D eigenvalue weighted by atomic mass is 19.1. The number of nitrogens with one attached hydrogen (secondary N) is 1. The van der Waals surface area contributed by atoms with E-state index in [0.717, 1.165) is 12.5 Å². The van der Waals surface area contributed by atoms with E-state index in [4.69, 9.17) is 14.5 Å². The number of hydrogen-bond acceptors (Lipinski definition) is 8. The molecule has 0 bridgehead atoms. The van der Waals surface area contributed by atoms with Gasteiger partial charge < -0.3 is 19.7 Å². The normalized spacial score (nSPS) is 15.1. The monoisotopic (exact) mass is 614 g/mol. The molecule has 0 saturated carbocycles. The summed E-state index contributed by atoms with van der Waals surface area (Å²) in [5, 5.41) is 3.53. The van der Waals surface area contributed by atoms with E-state index < -0.39 is 17.5 Å². The maximum atomic E-state index is 15.6. The Morgan fingerprint density at radius 2 is 1.89 bits per heavy atom. The predicted molar refractivity (Wildman–Crippen MR) is 168 cm³/mol. The summed E-state index contributed by atoms with van der Waals surface area (Å²) in [5.41, 5.74) is 3.58. The van der Waals surface area contributed by atoms with E-state index in [9.17, 15) is 8.78 Å². The molecular weight excluding hydrogens is 581 g/mol. The van der Waals surface area contributed by atoms with Crippen LogP contribution in [0.2, 0.25) is 0 Å². The van der Waals surface area contributed by atoms with Crippen molar-refractivity contribution in [1.29, 1.82) is 0 Å². The van der Waals surface area contributed by atoms with Crippen LogP contribution in [0.5, 0.6) is 5.88 Å². The molecule has 1 N–H and O–H groups in total. The number of halogens is 3. The van der Waals surface area contributed by atoms with E-state index in [1.807, 2.05) is 12.1 Å². The maximum absolute atomic E-state index is 15.6. The number of anilines is 3. The smallest absolute Gasteiger partial charge is 0.250 e. The molecule has 0 aliphatic carbocycles. The van der Waals surface area contributed by atoms with Crippen molar-refractivity contribution in [3.63, 3.8) is 0 Å². The minimum absolute atomic E-state index is 0.0489. The first-order valence-corrected chi connectivity index (χ1v) is 14.8. The highest BCUT2D eigenvalue weighted by Crippen LogP contribution is 2.40. The summed E-state index contributed by atoms with van der Waals surface area (Å²) < 4.78 is 55.9. The topological polar surface area (TPSA) is 85.3 Å². The van der Waals surface area contributed by atoms with Gasteiger partial charge in [0.15, 0.2) is 5.82 Å². The van der Waals surface area contributed by atoms with Gasteiger partial charge in [-0.1, -0.05) is 19.9 Å². The lowest BCUT2D eigenvalue weighted by atomic mass is 10.0. The zero-order valence-electron chi connectivity index (χ0n) is 25.4. The van der Waals surface area contributed by atoms with Gasteiger partial charge in [0.2, 0.25) is 5.88 Å². The Balaban J connectivity index is 1.52. The Morgan fingerprint density at radius 3 is 2.62 bits per heavy atom. The Kier molecular flexibility index (Phi) is 8.53. The van der Waals surface area contributed by atoms with Gasteiger partial charge >= 0.3 is 0 Å². The third-order valence-electron chi connectivity index (χ3n) is 7.81. The molecule has 1 unspecified atom stereocenters. The van der Waals surface area contributed by atoms with Crippen LogP contribution in [0.3, 0.4) is 0 Å². The predicted octanol–water partition coefficient (Wildman–Crippen LogP) is 7.48. The second-order valence-electron chi connectivity index (χ2n) is 11.5. The lowest BCUT2D eigenvalue weighted by Gasteiger charge is -2.35. The molecule has 1 fully saturated rings. The molecule has 0 amide bonds. The fourth-order valence-electron chi connectivity index (χ4n) is 5.72. The summed E-state index contributed by atoms with van der Waals surface area (Å²) >= 11 is 0. The number of pyridine rings is 4. The lowest BCUT2D eigenvalue weighted by molar-refractivity contribution is 0.0273. The summed E-state index contributed by atoms with van der Waals surface area (Å²) in [5.74, 6) is -1.15. The molecule has 1 atom stereocenters. The van der Waals surface area contributed by atoms with Crippen molar-refractivity contribution in [1.82, 2.24) is 19.9 Å². The third-order valence-corrected chi connectivity index (χ3v) is 7.81.